The molecule has 4 heterocycles. The Labute approximate surface area is 164 Å². The lowest BCUT2D eigenvalue weighted by Crippen LogP contribution is -2.24. The number of thioether (sulfide) groups is 1. The first-order valence-corrected chi connectivity index (χ1v) is 10.4. The second kappa shape index (κ2) is 7.01. The third-order valence-electron chi connectivity index (χ3n) is 4.39. The van der Waals surface area contributed by atoms with E-state index in [9.17, 15) is 4.79 Å². The Balaban J connectivity index is 1.67. The van der Waals surface area contributed by atoms with Crippen LogP contribution < -0.4 is 5.56 Å². The van der Waals surface area contributed by atoms with Crippen molar-refractivity contribution in [3.8, 4) is 11.5 Å². The fourth-order valence-corrected chi connectivity index (χ4v) is 4.98. The van der Waals surface area contributed by atoms with Crippen molar-refractivity contribution in [2.45, 2.75) is 44.6 Å². The van der Waals surface area contributed by atoms with Gasteiger partial charge in [-0.15, -0.1) is 11.3 Å². The zero-order chi connectivity index (χ0) is 19.1. The molecule has 0 N–H and O–H groups in total. The number of hydrogen-bond donors (Lipinski definition) is 0. The predicted molar refractivity (Wildman–Crippen MR) is 108 cm³/mol. The van der Waals surface area contributed by atoms with Gasteiger partial charge in [-0.25, -0.2) is 4.98 Å². The lowest BCUT2D eigenvalue weighted by atomic mass is 10.2. The van der Waals surface area contributed by atoms with Crippen LogP contribution >= 0.6 is 23.1 Å². The molecule has 0 aliphatic rings. The number of aromatic nitrogens is 3. The van der Waals surface area contributed by atoms with Crippen LogP contribution in [0.4, 0.5) is 0 Å². The van der Waals surface area contributed by atoms with Gasteiger partial charge in [-0.1, -0.05) is 16.9 Å². The zero-order valence-corrected chi connectivity index (χ0v) is 17.1. The van der Waals surface area contributed by atoms with Crippen molar-refractivity contribution in [2.24, 2.45) is 0 Å². The molecule has 0 saturated carbocycles. The van der Waals surface area contributed by atoms with E-state index < -0.39 is 0 Å². The normalized spacial score (nSPS) is 11.7. The summed E-state index contributed by atoms with van der Waals surface area (Å²) in [6, 6.07) is 5.50. The van der Waals surface area contributed by atoms with Crippen LogP contribution in [0.3, 0.4) is 0 Å². The summed E-state index contributed by atoms with van der Waals surface area (Å²) in [6.07, 6.45) is 1.59. The minimum atomic E-state index is 0.0208. The summed E-state index contributed by atoms with van der Waals surface area (Å²) in [5.74, 6) is 1.78. The van der Waals surface area contributed by atoms with Crippen molar-refractivity contribution in [1.29, 1.82) is 0 Å². The third kappa shape index (κ3) is 3.23. The highest BCUT2D eigenvalue weighted by Gasteiger charge is 2.19. The van der Waals surface area contributed by atoms with Crippen molar-refractivity contribution in [3.05, 3.63) is 51.0 Å². The number of thiophene rings is 1. The van der Waals surface area contributed by atoms with Gasteiger partial charge in [0.05, 0.1) is 17.3 Å². The van der Waals surface area contributed by atoms with E-state index >= 15 is 0 Å². The van der Waals surface area contributed by atoms with Gasteiger partial charge in [-0.05, 0) is 45.4 Å². The molecule has 4 rings (SSSR count). The molecule has 0 bridgehead atoms. The number of aryl methyl sites for hydroxylation is 2. The van der Waals surface area contributed by atoms with Gasteiger partial charge >= 0.3 is 0 Å². The maximum atomic E-state index is 13.1. The highest BCUT2D eigenvalue weighted by molar-refractivity contribution is 7.98. The molecular weight excluding hydrogens is 382 g/mol. The van der Waals surface area contributed by atoms with Crippen LogP contribution in [0, 0.1) is 13.8 Å². The maximum Gasteiger partial charge on any atom is 0.263 e. The monoisotopic (exact) mass is 401 g/mol. The standard InChI is InChI=1S/C19H19N3O3S2/c1-10(2)22-18(23)16-11(3)12(4)27-17(16)20-19(22)26-9-13-8-15(25-21-13)14-6-5-7-24-14/h5-8,10H,9H2,1-4H3. The van der Waals surface area contributed by atoms with Crippen LogP contribution in [-0.4, -0.2) is 14.7 Å². The summed E-state index contributed by atoms with van der Waals surface area (Å²) >= 11 is 3.06. The summed E-state index contributed by atoms with van der Waals surface area (Å²) in [7, 11) is 0. The molecule has 0 spiro atoms. The van der Waals surface area contributed by atoms with Crippen molar-refractivity contribution < 1.29 is 8.94 Å². The van der Waals surface area contributed by atoms with E-state index in [1.807, 2.05) is 39.8 Å². The Morgan fingerprint density at radius 2 is 2.11 bits per heavy atom. The Bertz CT molecular complexity index is 1150. The van der Waals surface area contributed by atoms with Gasteiger partial charge in [0.15, 0.2) is 10.9 Å². The van der Waals surface area contributed by atoms with E-state index in [0.717, 1.165) is 26.4 Å². The van der Waals surface area contributed by atoms with Crippen LogP contribution in [0.5, 0.6) is 0 Å². The molecule has 0 unspecified atom stereocenters. The van der Waals surface area contributed by atoms with E-state index in [1.54, 1.807) is 28.2 Å². The van der Waals surface area contributed by atoms with Gasteiger partial charge in [0.2, 0.25) is 5.76 Å². The maximum absolute atomic E-state index is 13.1. The molecule has 0 aromatic carbocycles. The summed E-state index contributed by atoms with van der Waals surface area (Å²) in [5, 5.41) is 5.53. The zero-order valence-electron chi connectivity index (χ0n) is 15.5. The van der Waals surface area contributed by atoms with Gasteiger partial charge < -0.3 is 8.94 Å². The van der Waals surface area contributed by atoms with Gasteiger partial charge in [0, 0.05) is 22.7 Å². The molecule has 4 aromatic rings. The molecule has 0 atom stereocenters. The largest absolute Gasteiger partial charge is 0.461 e. The number of furan rings is 1. The summed E-state index contributed by atoms with van der Waals surface area (Å²) in [6.45, 7) is 8.01. The van der Waals surface area contributed by atoms with Crippen molar-refractivity contribution in [1.82, 2.24) is 14.7 Å². The van der Waals surface area contributed by atoms with E-state index in [2.05, 4.69) is 5.16 Å². The smallest absolute Gasteiger partial charge is 0.263 e. The topological polar surface area (TPSA) is 74.1 Å². The lowest BCUT2D eigenvalue weighted by Gasteiger charge is -2.14. The molecule has 4 aromatic heterocycles. The second-order valence-electron chi connectivity index (χ2n) is 6.58. The minimum absolute atomic E-state index is 0.0208. The molecular formula is C19H19N3O3S2. The van der Waals surface area contributed by atoms with Crippen molar-refractivity contribution >= 4 is 33.3 Å². The van der Waals surface area contributed by atoms with Crippen molar-refractivity contribution in [3.63, 3.8) is 0 Å². The molecule has 0 amide bonds. The van der Waals surface area contributed by atoms with E-state index in [4.69, 9.17) is 13.9 Å². The van der Waals surface area contributed by atoms with Crippen LogP contribution in [0.1, 0.15) is 36.0 Å². The van der Waals surface area contributed by atoms with Crippen LogP contribution in [0.25, 0.3) is 21.7 Å². The second-order valence-corrected chi connectivity index (χ2v) is 8.72. The molecule has 0 fully saturated rings. The molecule has 0 radical (unpaired) electrons. The molecule has 27 heavy (non-hydrogen) atoms. The Morgan fingerprint density at radius 1 is 1.30 bits per heavy atom. The molecule has 0 saturated heterocycles. The number of rotatable bonds is 5. The first-order valence-electron chi connectivity index (χ1n) is 8.60. The Morgan fingerprint density at radius 3 is 2.81 bits per heavy atom. The quantitative estimate of drug-likeness (QED) is 0.338. The first-order chi connectivity index (χ1) is 13.0. The highest BCUT2D eigenvalue weighted by Crippen LogP contribution is 2.31. The van der Waals surface area contributed by atoms with Crippen LogP contribution in [0.2, 0.25) is 0 Å². The average molecular weight is 402 g/mol. The molecule has 8 heteroatoms. The average Bonchev–Trinajstić information content (AvgIpc) is 3.34. The van der Waals surface area contributed by atoms with E-state index in [-0.39, 0.29) is 11.6 Å². The molecule has 0 aliphatic heterocycles. The lowest BCUT2D eigenvalue weighted by molar-refractivity contribution is 0.413. The predicted octanol–water partition coefficient (Wildman–Crippen LogP) is 5.20. The van der Waals surface area contributed by atoms with Gasteiger partial charge in [-0.2, -0.15) is 0 Å². The van der Waals surface area contributed by atoms with Crippen molar-refractivity contribution in [2.75, 3.05) is 0 Å². The van der Waals surface area contributed by atoms with Gasteiger partial charge in [-0.3, -0.25) is 9.36 Å². The fraction of sp³-hybridized carbons (Fsp3) is 0.316. The minimum Gasteiger partial charge on any atom is -0.461 e. The fourth-order valence-electron chi connectivity index (χ4n) is 2.90. The number of fused-ring (bicyclic) bond motifs is 1. The van der Waals surface area contributed by atoms with Crippen LogP contribution in [-0.2, 0) is 5.75 Å². The SMILES string of the molecule is Cc1sc2nc(SCc3cc(-c4ccco4)on3)n(C(C)C)c(=O)c2c1C. The van der Waals surface area contributed by atoms with Crippen LogP contribution in [0.15, 0.2) is 43.4 Å². The summed E-state index contributed by atoms with van der Waals surface area (Å²) < 4.78 is 12.4. The third-order valence-corrected chi connectivity index (χ3v) is 6.48. The summed E-state index contributed by atoms with van der Waals surface area (Å²) in [4.78, 5) is 19.8. The summed E-state index contributed by atoms with van der Waals surface area (Å²) in [5.41, 5.74) is 1.82. The molecule has 140 valence electrons. The number of hydrogen-bond acceptors (Lipinski definition) is 7. The Kier molecular flexibility index (Phi) is 4.69. The molecule has 0 aliphatic carbocycles. The van der Waals surface area contributed by atoms with Gasteiger partial charge in [0.25, 0.3) is 5.56 Å². The van der Waals surface area contributed by atoms with E-state index in [1.165, 1.54) is 11.8 Å². The van der Waals surface area contributed by atoms with E-state index in [0.29, 0.717) is 22.4 Å². The highest BCUT2D eigenvalue weighted by atomic mass is 32.2. The molecule has 6 nitrogen and oxygen atoms in total. The first kappa shape index (κ1) is 18.1. The van der Waals surface area contributed by atoms with Gasteiger partial charge in [0.1, 0.15) is 4.83 Å². The number of nitrogens with zero attached hydrogens (tertiary/aromatic N) is 3. The Hall–Kier alpha value is -2.32.